The van der Waals surface area contributed by atoms with Crippen LogP contribution in [0.3, 0.4) is 0 Å². The number of rotatable bonds is 5. The first-order chi connectivity index (χ1) is 9.17. The maximum atomic E-state index is 12.1. The number of carbonyl (C=O) groups excluding carboxylic acids is 1. The van der Waals surface area contributed by atoms with Gasteiger partial charge in [0.05, 0.1) is 7.11 Å². The summed E-state index contributed by atoms with van der Waals surface area (Å²) in [5.74, 6) is 0.930. The van der Waals surface area contributed by atoms with Crippen LogP contribution < -0.4 is 10.1 Å². The molecular weight excluding hydrogens is 242 g/mol. The van der Waals surface area contributed by atoms with Crippen LogP contribution in [0.25, 0.3) is 11.0 Å². The van der Waals surface area contributed by atoms with E-state index in [-0.39, 0.29) is 11.9 Å². The average molecular weight is 261 g/mol. The van der Waals surface area contributed by atoms with Crippen LogP contribution >= 0.6 is 0 Å². The first-order valence-electron chi connectivity index (χ1n) is 6.56. The molecule has 1 N–H and O–H groups in total. The monoisotopic (exact) mass is 261 g/mol. The van der Waals surface area contributed by atoms with E-state index in [4.69, 9.17) is 9.15 Å². The number of benzene rings is 1. The van der Waals surface area contributed by atoms with Crippen molar-refractivity contribution < 1.29 is 13.9 Å². The molecule has 4 nitrogen and oxygen atoms in total. The Kier molecular flexibility index (Phi) is 4.10. The molecule has 0 aliphatic rings. The first-order valence-corrected chi connectivity index (χ1v) is 6.56. The largest absolute Gasteiger partial charge is 0.497 e. The molecular formula is C15H19NO3. The lowest BCUT2D eigenvalue weighted by molar-refractivity contribution is 0.0909. The Morgan fingerprint density at radius 1 is 1.32 bits per heavy atom. The quantitative estimate of drug-likeness (QED) is 0.897. The number of methoxy groups -OCH3 is 1. The molecule has 1 aromatic carbocycles. The third kappa shape index (κ3) is 2.89. The Morgan fingerprint density at radius 3 is 2.68 bits per heavy atom. The molecule has 0 aliphatic carbocycles. The van der Waals surface area contributed by atoms with Gasteiger partial charge in [0, 0.05) is 11.4 Å². The average Bonchev–Trinajstić information content (AvgIpc) is 2.87. The predicted molar refractivity (Wildman–Crippen MR) is 74.6 cm³/mol. The van der Waals surface area contributed by atoms with Crippen LogP contribution in [0.4, 0.5) is 0 Å². The molecule has 0 aliphatic heterocycles. The van der Waals surface area contributed by atoms with Gasteiger partial charge in [-0.25, -0.2) is 0 Å². The summed E-state index contributed by atoms with van der Waals surface area (Å²) in [4.78, 5) is 12.1. The summed E-state index contributed by atoms with van der Waals surface area (Å²) >= 11 is 0. The zero-order valence-electron chi connectivity index (χ0n) is 11.5. The number of hydrogen-bond acceptors (Lipinski definition) is 3. The number of furan rings is 1. The molecule has 1 amide bonds. The number of amides is 1. The van der Waals surface area contributed by atoms with Gasteiger partial charge in [-0.3, -0.25) is 4.79 Å². The summed E-state index contributed by atoms with van der Waals surface area (Å²) in [6, 6.07) is 7.41. The number of ether oxygens (including phenoxy) is 1. The standard InChI is InChI=1S/C15H19NO3/c1-4-11(5-2)16-15(17)14-9-10-8-12(18-3)6-7-13(10)19-14/h6-9,11H,4-5H2,1-3H3,(H,16,17). The van der Waals surface area contributed by atoms with Gasteiger partial charge in [0.25, 0.3) is 5.91 Å². The molecule has 102 valence electrons. The topological polar surface area (TPSA) is 51.5 Å². The van der Waals surface area contributed by atoms with E-state index >= 15 is 0 Å². The number of nitrogens with one attached hydrogen (secondary N) is 1. The Bertz CT molecular complexity index is 570. The number of carbonyl (C=O) groups is 1. The van der Waals surface area contributed by atoms with Gasteiger partial charge in [-0.2, -0.15) is 0 Å². The van der Waals surface area contributed by atoms with Crippen LogP contribution in [-0.2, 0) is 0 Å². The van der Waals surface area contributed by atoms with E-state index in [1.807, 2.05) is 18.2 Å². The van der Waals surface area contributed by atoms with E-state index < -0.39 is 0 Å². The minimum atomic E-state index is -0.163. The van der Waals surface area contributed by atoms with E-state index in [1.54, 1.807) is 13.2 Å². The summed E-state index contributed by atoms with van der Waals surface area (Å²) in [7, 11) is 1.61. The third-order valence-corrected chi connectivity index (χ3v) is 3.27. The zero-order valence-corrected chi connectivity index (χ0v) is 11.5. The van der Waals surface area contributed by atoms with Crippen molar-refractivity contribution in [1.29, 1.82) is 0 Å². The molecule has 0 unspecified atom stereocenters. The highest BCUT2D eigenvalue weighted by molar-refractivity contribution is 5.96. The minimum Gasteiger partial charge on any atom is -0.497 e. The van der Waals surface area contributed by atoms with Crippen LogP contribution in [0.2, 0.25) is 0 Å². The van der Waals surface area contributed by atoms with Crippen molar-refractivity contribution in [3.05, 3.63) is 30.0 Å². The summed E-state index contributed by atoms with van der Waals surface area (Å²) in [6.45, 7) is 4.11. The van der Waals surface area contributed by atoms with Gasteiger partial charge in [-0.15, -0.1) is 0 Å². The van der Waals surface area contributed by atoms with Gasteiger partial charge in [0.1, 0.15) is 11.3 Å². The highest BCUT2D eigenvalue weighted by Crippen LogP contribution is 2.24. The number of fused-ring (bicyclic) bond motifs is 1. The maximum absolute atomic E-state index is 12.1. The van der Waals surface area contributed by atoms with Gasteiger partial charge < -0.3 is 14.5 Å². The summed E-state index contributed by atoms with van der Waals surface area (Å²) in [5.41, 5.74) is 0.690. The Balaban J connectivity index is 2.23. The van der Waals surface area contributed by atoms with Crippen molar-refractivity contribution in [1.82, 2.24) is 5.32 Å². The SMILES string of the molecule is CCC(CC)NC(=O)c1cc2cc(OC)ccc2o1. The van der Waals surface area contributed by atoms with Crippen molar-refractivity contribution in [2.24, 2.45) is 0 Å². The third-order valence-electron chi connectivity index (χ3n) is 3.27. The van der Waals surface area contributed by atoms with Gasteiger partial charge in [-0.1, -0.05) is 13.8 Å². The Morgan fingerprint density at radius 2 is 2.05 bits per heavy atom. The van der Waals surface area contributed by atoms with Gasteiger partial charge >= 0.3 is 0 Å². The lowest BCUT2D eigenvalue weighted by atomic mass is 10.1. The molecule has 0 saturated carbocycles. The lowest BCUT2D eigenvalue weighted by Gasteiger charge is -2.12. The fourth-order valence-electron chi connectivity index (χ4n) is 2.01. The second-order valence-electron chi connectivity index (χ2n) is 4.50. The molecule has 0 radical (unpaired) electrons. The van der Waals surface area contributed by atoms with Crippen molar-refractivity contribution in [2.75, 3.05) is 7.11 Å². The van der Waals surface area contributed by atoms with Crippen LogP contribution in [0.15, 0.2) is 28.7 Å². The zero-order chi connectivity index (χ0) is 13.8. The van der Waals surface area contributed by atoms with Gasteiger partial charge in [0.2, 0.25) is 0 Å². The van der Waals surface area contributed by atoms with Crippen molar-refractivity contribution in [3.63, 3.8) is 0 Å². The second-order valence-corrected chi connectivity index (χ2v) is 4.50. The molecule has 0 atom stereocenters. The minimum absolute atomic E-state index is 0.163. The fourth-order valence-corrected chi connectivity index (χ4v) is 2.01. The van der Waals surface area contributed by atoms with Gasteiger partial charge in [-0.05, 0) is 37.1 Å². The van der Waals surface area contributed by atoms with Crippen LogP contribution in [0, 0.1) is 0 Å². The maximum Gasteiger partial charge on any atom is 0.287 e. The first kappa shape index (κ1) is 13.5. The van der Waals surface area contributed by atoms with E-state index in [0.29, 0.717) is 11.3 Å². The van der Waals surface area contributed by atoms with E-state index in [2.05, 4.69) is 19.2 Å². The van der Waals surface area contributed by atoms with Crippen molar-refractivity contribution >= 4 is 16.9 Å². The highest BCUT2D eigenvalue weighted by atomic mass is 16.5. The smallest absolute Gasteiger partial charge is 0.287 e. The molecule has 2 aromatic rings. The second kappa shape index (κ2) is 5.78. The van der Waals surface area contributed by atoms with Gasteiger partial charge in [0.15, 0.2) is 5.76 Å². The van der Waals surface area contributed by atoms with Crippen LogP contribution in [-0.4, -0.2) is 19.1 Å². The van der Waals surface area contributed by atoms with E-state index in [9.17, 15) is 4.79 Å². The molecule has 2 rings (SSSR count). The van der Waals surface area contributed by atoms with Crippen LogP contribution in [0.5, 0.6) is 5.75 Å². The normalized spacial score (nSPS) is 10.9. The summed E-state index contributed by atoms with van der Waals surface area (Å²) in [6.07, 6.45) is 1.83. The number of hydrogen-bond donors (Lipinski definition) is 1. The lowest BCUT2D eigenvalue weighted by Crippen LogP contribution is -2.33. The van der Waals surface area contributed by atoms with Crippen molar-refractivity contribution in [2.45, 2.75) is 32.7 Å². The highest BCUT2D eigenvalue weighted by Gasteiger charge is 2.15. The molecule has 1 heterocycles. The van der Waals surface area contributed by atoms with E-state index in [1.165, 1.54) is 0 Å². The van der Waals surface area contributed by atoms with Crippen molar-refractivity contribution in [3.8, 4) is 5.75 Å². The fraction of sp³-hybridized carbons (Fsp3) is 0.400. The molecule has 0 spiro atoms. The predicted octanol–water partition coefficient (Wildman–Crippen LogP) is 3.36. The Hall–Kier alpha value is -1.97. The molecule has 4 heteroatoms. The summed E-state index contributed by atoms with van der Waals surface area (Å²) < 4.78 is 10.7. The van der Waals surface area contributed by atoms with Crippen LogP contribution in [0.1, 0.15) is 37.2 Å². The Labute approximate surface area is 112 Å². The molecule has 1 aromatic heterocycles. The molecule has 0 saturated heterocycles. The van der Waals surface area contributed by atoms with E-state index in [0.717, 1.165) is 24.0 Å². The summed E-state index contributed by atoms with van der Waals surface area (Å²) in [5, 5.41) is 3.83. The molecule has 0 bridgehead atoms. The molecule has 0 fully saturated rings. The molecule has 19 heavy (non-hydrogen) atoms.